The number of rotatable bonds is 6. The molecule has 2 heterocycles. The van der Waals surface area contributed by atoms with E-state index in [0.717, 1.165) is 63.6 Å². The van der Waals surface area contributed by atoms with Crippen molar-refractivity contribution in [2.24, 2.45) is 7.05 Å². The third-order valence-electron chi connectivity index (χ3n) is 7.25. The third-order valence-corrected chi connectivity index (χ3v) is 8.63. The third kappa shape index (κ3) is 5.02. The van der Waals surface area contributed by atoms with Crippen LogP contribution in [0.3, 0.4) is 0 Å². The van der Waals surface area contributed by atoms with Gasteiger partial charge in [0, 0.05) is 25.0 Å². The maximum absolute atomic E-state index is 13.4. The van der Waals surface area contributed by atoms with Gasteiger partial charge in [-0.1, -0.05) is 6.07 Å². The Morgan fingerprint density at radius 1 is 1.12 bits per heavy atom. The van der Waals surface area contributed by atoms with Crippen molar-refractivity contribution in [1.29, 1.82) is 0 Å². The fraction of sp³-hybridized carbons (Fsp3) is 0.565. The monoisotopic (exact) mass is 496 g/mol. The number of aromatic nitrogens is 2. The van der Waals surface area contributed by atoms with Crippen molar-refractivity contribution < 1.29 is 13.2 Å². The Labute approximate surface area is 223 Å². The van der Waals surface area contributed by atoms with E-state index in [2.05, 4.69) is 26.1 Å². The molecule has 9 nitrogen and oxygen atoms in total. The van der Waals surface area contributed by atoms with Gasteiger partial charge in [-0.3, -0.25) is 4.68 Å². The van der Waals surface area contributed by atoms with Gasteiger partial charge in [0.2, 0.25) is 0 Å². The number of benzene rings is 1. The molecule has 0 bridgehead atoms. The molecule has 1 saturated heterocycles. The number of nitrogens with zero attached hydrogens (tertiary/aromatic N) is 4. The standard InChI is InChI=1S/C23H32N6O3S.Na.H/c1-27-11-5-8-18(27)15-29(19-13-24-28(2)14-19)33(31,32)26-23(30)25-22-20-9-3-6-16(20)12-17-7-4-10-21(17)22;;/h12-14,18H,3-11,15H2,1-2H3,(H2,25,26,30);;/t18-;;/m1../s1. The van der Waals surface area contributed by atoms with Crippen LogP contribution in [-0.2, 0) is 42.9 Å². The number of carbonyl (C=O) groups excluding carboxylic acids is 1. The van der Waals surface area contributed by atoms with E-state index in [9.17, 15) is 13.2 Å². The van der Waals surface area contributed by atoms with E-state index in [0.29, 0.717) is 5.69 Å². The minimum absolute atomic E-state index is 0. The molecular formula is C23H33N6NaO3S. The predicted octanol–water partition coefficient (Wildman–Crippen LogP) is 1.72. The van der Waals surface area contributed by atoms with Crippen LogP contribution in [0.2, 0.25) is 0 Å². The summed E-state index contributed by atoms with van der Waals surface area (Å²) in [5.41, 5.74) is 6.18. The van der Waals surface area contributed by atoms with E-state index >= 15 is 0 Å². The molecule has 2 N–H and O–H groups in total. The van der Waals surface area contributed by atoms with E-state index in [1.807, 2.05) is 7.05 Å². The minimum atomic E-state index is -4.13. The van der Waals surface area contributed by atoms with Gasteiger partial charge in [-0.05, 0) is 87.2 Å². The number of fused-ring (bicyclic) bond motifs is 2. The summed E-state index contributed by atoms with van der Waals surface area (Å²) in [5.74, 6) is 0. The van der Waals surface area contributed by atoms with Gasteiger partial charge in [-0.2, -0.15) is 13.5 Å². The molecule has 180 valence electrons. The summed E-state index contributed by atoms with van der Waals surface area (Å²) in [6, 6.07) is 1.66. The first kappa shape index (κ1) is 25.5. The number of carbonyl (C=O) groups is 1. The van der Waals surface area contributed by atoms with Gasteiger partial charge in [0.05, 0.1) is 18.4 Å². The van der Waals surface area contributed by atoms with Gasteiger partial charge in [0.1, 0.15) is 0 Å². The quantitative estimate of drug-likeness (QED) is 0.594. The summed E-state index contributed by atoms with van der Waals surface area (Å²) >= 11 is 0. The Bertz CT molecular complexity index is 1150. The average molecular weight is 497 g/mol. The Morgan fingerprint density at radius 2 is 1.79 bits per heavy atom. The second-order valence-electron chi connectivity index (χ2n) is 9.48. The number of aryl methyl sites for hydroxylation is 3. The number of nitrogens with one attached hydrogen (secondary N) is 2. The molecule has 11 heteroatoms. The molecule has 2 amide bonds. The van der Waals surface area contributed by atoms with Crippen molar-refractivity contribution >= 4 is 57.2 Å². The molecule has 1 fully saturated rings. The van der Waals surface area contributed by atoms with Crippen LogP contribution in [0.15, 0.2) is 18.5 Å². The fourth-order valence-corrected chi connectivity index (χ4v) is 6.69. The number of amides is 2. The number of likely N-dealkylation sites (N-methyl/N-ethyl adjacent to an activating group) is 1. The molecule has 1 atom stereocenters. The zero-order valence-corrected chi connectivity index (χ0v) is 20.1. The normalized spacial score (nSPS) is 19.4. The van der Waals surface area contributed by atoms with Crippen LogP contribution >= 0.6 is 0 Å². The molecule has 1 aliphatic heterocycles. The van der Waals surface area contributed by atoms with E-state index < -0.39 is 16.2 Å². The van der Waals surface area contributed by atoms with Gasteiger partial charge in [-0.25, -0.2) is 13.8 Å². The van der Waals surface area contributed by atoms with Crippen LogP contribution in [0.4, 0.5) is 16.2 Å². The van der Waals surface area contributed by atoms with Crippen LogP contribution < -0.4 is 14.3 Å². The number of hydrogen-bond acceptors (Lipinski definition) is 5. The Morgan fingerprint density at radius 3 is 2.35 bits per heavy atom. The van der Waals surface area contributed by atoms with E-state index in [-0.39, 0.29) is 42.1 Å². The number of anilines is 2. The SMILES string of the molecule is CN1CCC[C@@H]1CN(c1cnn(C)c1)S(=O)(=O)NC(=O)Nc1c2c(cc3c1CCC3)CCC2.[NaH]. The molecular weight excluding hydrogens is 463 g/mol. The molecule has 0 spiro atoms. The van der Waals surface area contributed by atoms with Crippen LogP contribution in [-0.4, -0.2) is 84.9 Å². The number of hydrogen-bond donors (Lipinski definition) is 2. The van der Waals surface area contributed by atoms with Crippen LogP contribution in [0, 0.1) is 0 Å². The summed E-state index contributed by atoms with van der Waals surface area (Å²) in [7, 11) is -0.384. The van der Waals surface area contributed by atoms with Crippen molar-refractivity contribution in [1.82, 2.24) is 19.4 Å². The van der Waals surface area contributed by atoms with E-state index in [1.165, 1.54) is 32.8 Å². The summed E-state index contributed by atoms with van der Waals surface area (Å²) < 4.78 is 31.9. The molecule has 5 rings (SSSR count). The van der Waals surface area contributed by atoms with Gasteiger partial charge >= 0.3 is 45.8 Å². The summed E-state index contributed by atoms with van der Waals surface area (Å²) in [6.07, 6.45) is 11.1. The zero-order valence-electron chi connectivity index (χ0n) is 19.3. The predicted molar refractivity (Wildman–Crippen MR) is 135 cm³/mol. The first-order chi connectivity index (χ1) is 15.8. The molecule has 0 radical (unpaired) electrons. The molecule has 34 heavy (non-hydrogen) atoms. The van der Waals surface area contributed by atoms with Crippen molar-refractivity contribution in [2.75, 3.05) is 29.8 Å². The van der Waals surface area contributed by atoms with Gasteiger partial charge in [0.15, 0.2) is 0 Å². The Kier molecular flexibility index (Phi) is 7.64. The summed E-state index contributed by atoms with van der Waals surface area (Å²) in [5, 5.41) is 7.06. The number of likely N-dealkylation sites (tertiary alicyclic amines) is 1. The Balaban J connectivity index is 0.00000274. The molecule has 0 unspecified atom stereocenters. The van der Waals surface area contributed by atoms with Crippen LogP contribution in [0.5, 0.6) is 0 Å². The van der Waals surface area contributed by atoms with Gasteiger partial charge < -0.3 is 10.2 Å². The molecule has 1 aromatic carbocycles. The van der Waals surface area contributed by atoms with E-state index in [4.69, 9.17) is 0 Å². The van der Waals surface area contributed by atoms with Crippen LogP contribution in [0.25, 0.3) is 0 Å². The zero-order chi connectivity index (χ0) is 23.2. The average Bonchev–Trinajstić information content (AvgIpc) is 3.53. The van der Waals surface area contributed by atoms with Gasteiger partial charge in [0.25, 0.3) is 0 Å². The second-order valence-corrected chi connectivity index (χ2v) is 11.1. The fourth-order valence-electron chi connectivity index (χ4n) is 5.56. The summed E-state index contributed by atoms with van der Waals surface area (Å²) in [4.78, 5) is 15.2. The first-order valence-corrected chi connectivity index (χ1v) is 13.2. The second kappa shape index (κ2) is 10.2. The topological polar surface area (TPSA) is 99.6 Å². The molecule has 3 aliphatic rings. The molecule has 1 aromatic heterocycles. The molecule has 2 aromatic rings. The number of urea groups is 1. The molecule has 2 aliphatic carbocycles. The van der Waals surface area contributed by atoms with Crippen LogP contribution in [0.1, 0.15) is 47.9 Å². The molecule has 0 saturated carbocycles. The van der Waals surface area contributed by atoms with Crippen molar-refractivity contribution in [3.05, 3.63) is 40.7 Å². The van der Waals surface area contributed by atoms with E-state index in [1.54, 1.807) is 17.9 Å². The van der Waals surface area contributed by atoms with Crippen molar-refractivity contribution in [3.8, 4) is 0 Å². The Hall–Kier alpha value is -1.59. The van der Waals surface area contributed by atoms with Gasteiger partial charge in [-0.15, -0.1) is 0 Å². The summed E-state index contributed by atoms with van der Waals surface area (Å²) in [6.45, 7) is 1.20. The first-order valence-electron chi connectivity index (χ1n) is 11.8. The van der Waals surface area contributed by atoms with Crippen molar-refractivity contribution in [2.45, 2.75) is 57.4 Å². The maximum atomic E-state index is 13.4. The van der Waals surface area contributed by atoms with Crippen molar-refractivity contribution in [3.63, 3.8) is 0 Å².